The van der Waals surface area contributed by atoms with Gasteiger partial charge in [0.2, 0.25) is 0 Å². The van der Waals surface area contributed by atoms with Crippen LogP contribution in [0, 0.1) is 0 Å². The molecule has 0 saturated heterocycles. The Morgan fingerprint density at radius 3 is 2.89 bits per heavy atom. The molecule has 1 aliphatic heterocycles. The molecule has 0 amide bonds. The number of thiophene rings is 1. The van der Waals surface area contributed by atoms with Gasteiger partial charge in [-0.2, -0.15) is 0 Å². The summed E-state index contributed by atoms with van der Waals surface area (Å²) in [6, 6.07) is 13.0. The van der Waals surface area contributed by atoms with Crippen molar-refractivity contribution in [2.45, 2.75) is 25.4 Å². The second-order valence-corrected chi connectivity index (χ2v) is 6.30. The van der Waals surface area contributed by atoms with Crippen molar-refractivity contribution in [1.82, 2.24) is 4.90 Å². The van der Waals surface area contributed by atoms with Gasteiger partial charge in [-0.05, 0) is 35.4 Å². The van der Waals surface area contributed by atoms with Crippen molar-refractivity contribution in [3.8, 4) is 0 Å². The highest BCUT2D eigenvalue weighted by Gasteiger charge is 2.18. The van der Waals surface area contributed by atoms with Crippen molar-refractivity contribution in [2.75, 3.05) is 13.1 Å². The molecule has 19 heavy (non-hydrogen) atoms. The number of benzene rings is 1. The fraction of sp³-hybridized carbons (Fsp3) is 0.375. The van der Waals surface area contributed by atoms with Gasteiger partial charge in [0.25, 0.3) is 0 Å². The van der Waals surface area contributed by atoms with E-state index in [1.807, 2.05) is 11.3 Å². The van der Waals surface area contributed by atoms with Crippen LogP contribution in [0.1, 0.15) is 16.0 Å². The van der Waals surface area contributed by atoms with Crippen LogP contribution in [0.2, 0.25) is 0 Å². The van der Waals surface area contributed by atoms with E-state index in [1.54, 1.807) is 4.88 Å². The summed E-state index contributed by atoms with van der Waals surface area (Å²) in [6.07, 6.45) is 2.15. The van der Waals surface area contributed by atoms with E-state index in [0.29, 0.717) is 0 Å². The highest BCUT2D eigenvalue weighted by Crippen LogP contribution is 2.23. The standard InChI is InChI=1S/C16H20N2S/c17-15(10-13-4-2-1-3-5-13)12-18-8-6-16-14(11-18)7-9-19-16/h1-5,7,9,15H,6,8,10-12,17H2. The van der Waals surface area contributed by atoms with E-state index >= 15 is 0 Å². The van der Waals surface area contributed by atoms with Gasteiger partial charge in [0.15, 0.2) is 0 Å². The Bertz CT molecular complexity index is 521. The fourth-order valence-electron chi connectivity index (χ4n) is 2.78. The Balaban J connectivity index is 1.55. The zero-order valence-corrected chi connectivity index (χ0v) is 11.9. The van der Waals surface area contributed by atoms with Crippen LogP contribution in [0.3, 0.4) is 0 Å². The van der Waals surface area contributed by atoms with E-state index in [9.17, 15) is 0 Å². The van der Waals surface area contributed by atoms with E-state index in [-0.39, 0.29) is 6.04 Å². The predicted octanol–water partition coefficient (Wildman–Crippen LogP) is 2.68. The second kappa shape index (κ2) is 5.87. The third-order valence-corrected chi connectivity index (χ3v) is 4.74. The maximum atomic E-state index is 6.29. The van der Waals surface area contributed by atoms with Crippen molar-refractivity contribution in [2.24, 2.45) is 5.73 Å². The van der Waals surface area contributed by atoms with Gasteiger partial charge in [-0.3, -0.25) is 4.90 Å². The van der Waals surface area contributed by atoms with Crippen molar-refractivity contribution in [3.05, 3.63) is 57.8 Å². The van der Waals surface area contributed by atoms with Gasteiger partial charge in [0, 0.05) is 30.6 Å². The number of rotatable bonds is 4. The normalized spacial score (nSPS) is 17.1. The van der Waals surface area contributed by atoms with E-state index in [1.165, 1.54) is 17.5 Å². The molecule has 3 rings (SSSR count). The fourth-order valence-corrected chi connectivity index (χ4v) is 3.67. The van der Waals surface area contributed by atoms with Crippen LogP contribution >= 0.6 is 11.3 Å². The first-order valence-electron chi connectivity index (χ1n) is 6.88. The molecule has 2 N–H and O–H groups in total. The summed E-state index contributed by atoms with van der Waals surface area (Å²) in [5.74, 6) is 0. The van der Waals surface area contributed by atoms with Gasteiger partial charge in [0.05, 0.1) is 0 Å². The van der Waals surface area contributed by atoms with Gasteiger partial charge < -0.3 is 5.73 Å². The van der Waals surface area contributed by atoms with Crippen molar-refractivity contribution >= 4 is 11.3 Å². The molecule has 2 nitrogen and oxygen atoms in total. The lowest BCUT2D eigenvalue weighted by atomic mass is 10.0. The molecule has 1 aromatic carbocycles. The largest absolute Gasteiger partial charge is 0.326 e. The highest BCUT2D eigenvalue weighted by atomic mass is 32.1. The van der Waals surface area contributed by atoms with Crippen LogP contribution in [0.15, 0.2) is 41.8 Å². The zero-order chi connectivity index (χ0) is 13.1. The molecule has 1 atom stereocenters. The van der Waals surface area contributed by atoms with E-state index in [4.69, 9.17) is 5.73 Å². The van der Waals surface area contributed by atoms with Crippen LogP contribution in [-0.4, -0.2) is 24.0 Å². The topological polar surface area (TPSA) is 29.3 Å². The minimum atomic E-state index is 0.225. The molecule has 2 aromatic rings. The summed E-state index contributed by atoms with van der Waals surface area (Å²) in [5, 5.41) is 2.21. The van der Waals surface area contributed by atoms with Gasteiger partial charge in [-0.25, -0.2) is 0 Å². The lowest BCUT2D eigenvalue weighted by Crippen LogP contribution is -2.41. The van der Waals surface area contributed by atoms with Gasteiger partial charge in [-0.1, -0.05) is 30.3 Å². The highest BCUT2D eigenvalue weighted by molar-refractivity contribution is 7.10. The summed E-state index contributed by atoms with van der Waals surface area (Å²) in [7, 11) is 0. The molecule has 1 aliphatic rings. The van der Waals surface area contributed by atoms with Gasteiger partial charge >= 0.3 is 0 Å². The Morgan fingerprint density at radius 1 is 1.21 bits per heavy atom. The molecule has 1 unspecified atom stereocenters. The third kappa shape index (κ3) is 3.24. The second-order valence-electron chi connectivity index (χ2n) is 5.30. The van der Waals surface area contributed by atoms with Crippen LogP contribution in [0.5, 0.6) is 0 Å². The minimum Gasteiger partial charge on any atom is -0.326 e. The van der Waals surface area contributed by atoms with Gasteiger partial charge in [-0.15, -0.1) is 11.3 Å². The Hall–Kier alpha value is -1.16. The van der Waals surface area contributed by atoms with Crippen molar-refractivity contribution in [3.63, 3.8) is 0 Å². The number of fused-ring (bicyclic) bond motifs is 1. The molecule has 2 heterocycles. The molecule has 0 fully saturated rings. The average Bonchev–Trinajstić information content (AvgIpc) is 2.87. The van der Waals surface area contributed by atoms with E-state index in [0.717, 1.165) is 26.1 Å². The first-order valence-corrected chi connectivity index (χ1v) is 7.76. The van der Waals surface area contributed by atoms with Crippen LogP contribution in [0.25, 0.3) is 0 Å². The number of hydrogen-bond acceptors (Lipinski definition) is 3. The predicted molar refractivity (Wildman–Crippen MR) is 81.4 cm³/mol. The quantitative estimate of drug-likeness (QED) is 0.927. The maximum Gasteiger partial charge on any atom is 0.0245 e. The number of nitrogens with zero attached hydrogens (tertiary/aromatic N) is 1. The van der Waals surface area contributed by atoms with Crippen LogP contribution < -0.4 is 5.73 Å². The van der Waals surface area contributed by atoms with E-state index < -0.39 is 0 Å². The molecule has 0 spiro atoms. The molecule has 100 valence electrons. The summed E-state index contributed by atoms with van der Waals surface area (Å²) in [5.41, 5.74) is 9.13. The van der Waals surface area contributed by atoms with E-state index in [2.05, 4.69) is 46.7 Å². The summed E-state index contributed by atoms with van der Waals surface area (Å²) >= 11 is 1.89. The summed E-state index contributed by atoms with van der Waals surface area (Å²) < 4.78 is 0. The first kappa shape index (κ1) is 12.9. The molecule has 0 bridgehead atoms. The molecular weight excluding hydrogens is 252 g/mol. The lowest BCUT2D eigenvalue weighted by molar-refractivity contribution is 0.239. The molecule has 0 aliphatic carbocycles. The van der Waals surface area contributed by atoms with Crippen molar-refractivity contribution in [1.29, 1.82) is 0 Å². The SMILES string of the molecule is NC(Cc1ccccc1)CN1CCc2sccc2C1. The first-order chi connectivity index (χ1) is 9.31. The molecule has 0 saturated carbocycles. The summed E-state index contributed by atoms with van der Waals surface area (Å²) in [4.78, 5) is 4.05. The monoisotopic (exact) mass is 272 g/mol. The molecule has 0 radical (unpaired) electrons. The average molecular weight is 272 g/mol. The lowest BCUT2D eigenvalue weighted by Gasteiger charge is -2.29. The molecule has 1 aromatic heterocycles. The maximum absolute atomic E-state index is 6.29. The smallest absolute Gasteiger partial charge is 0.0245 e. The van der Waals surface area contributed by atoms with Crippen molar-refractivity contribution < 1.29 is 0 Å². The van der Waals surface area contributed by atoms with Crippen LogP contribution in [-0.2, 0) is 19.4 Å². The Morgan fingerprint density at radius 2 is 2.05 bits per heavy atom. The Labute approximate surface area is 118 Å². The molecular formula is C16H20N2S. The number of hydrogen-bond donors (Lipinski definition) is 1. The number of nitrogens with two attached hydrogens (primary N) is 1. The minimum absolute atomic E-state index is 0.225. The zero-order valence-electron chi connectivity index (χ0n) is 11.1. The van der Waals surface area contributed by atoms with Crippen LogP contribution in [0.4, 0.5) is 0 Å². The molecule has 3 heteroatoms. The van der Waals surface area contributed by atoms with Gasteiger partial charge in [0.1, 0.15) is 0 Å². The third-order valence-electron chi connectivity index (χ3n) is 3.72. The Kier molecular flexibility index (Phi) is 3.97. The summed E-state index contributed by atoms with van der Waals surface area (Å²) in [6.45, 7) is 3.21.